The summed E-state index contributed by atoms with van der Waals surface area (Å²) in [5.74, 6) is -0.792. The van der Waals surface area contributed by atoms with Crippen LogP contribution in [-0.4, -0.2) is 36.8 Å². The number of rotatable bonds is 4. The third kappa shape index (κ3) is 3.23. The van der Waals surface area contributed by atoms with Crippen LogP contribution >= 0.6 is 0 Å². The van der Waals surface area contributed by atoms with E-state index < -0.39 is 5.97 Å². The van der Waals surface area contributed by atoms with Gasteiger partial charge in [-0.25, -0.2) is 0 Å². The number of aliphatic carboxylic acids is 1. The second-order valence-corrected chi connectivity index (χ2v) is 5.05. The maximum atomic E-state index is 10.5. The maximum Gasteiger partial charge on any atom is 0.317 e. The lowest BCUT2D eigenvalue weighted by Crippen LogP contribution is -2.35. The largest absolute Gasteiger partial charge is 0.480 e. The average Bonchev–Trinajstić information content (AvgIpc) is 2.73. The molecule has 4 heteroatoms. The Kier molecular flexibility index (Phi) is 3.87. The number of carboxylic acid groups (broad SMARTS) is 1. The van der Waals surface area contributed by atoms with Crippen molar-refractivity contribution in [3.8, 4) is 0 Å². The van der Waals surface area contributed by atoms with Crippen LogP contribution in [0.3, 0.4) is 0 Å². The van der Waals surface area contributed by atoms with Gasteiger partial charge < -0.3 is 15.3 Å². The molecule has 0 aliphatic carbocycles. The van der Waals surface area contributed by atoms with Gasteiger partial charge in [0, 0.05) is 24.8 Å². The van der Waals surface area contributed by atoms with Crippen molar-refractivity contribution in [1.29, 1.82) is 0 Å². The number of hydrogen-bond acceptors (Lipinski definition) is 3. The molecule has 1 aliphatic heterocycles. The van der Waals surface area contributed by atoms with Crippen molar-refractivity contribution in [3.63, 3.8) is 0 Å². The molecule has 0 bridgehead atoms. The number of nitrogens with one attached hydrogen (secondary N) is 1. The number of anilines is 1. The van der Waals surface area contributed by atoms with E-state index in [0.29, 0.717) is 0 Å². The molecule has 2 rings (SSSR count). The van der Waals surface area contributed by atoms with E-state index in [2.05, 4.69) is 42.3 Å². The molecule has 4 nitrogen and oxygen atoms in total. The molecule has 0 amide bonds. The molecule has 1 aromatic rings. The van der Waals surface area contributed by atoms with Gasteiger partial charge in [-0.05, 0) is 43.5 Å². The Hall–Kier alpha value is -1.55. The summed E-state index contributed by atoms with van der Waals surface area (Å²) in [4.78, 5) is 12.8. The molecule has 98 valence electrons. The minimum Gasteiger partial charge on any atom is -0.480 e. The Bertz CT molecular complexity index is 425. The Morgan fingerprint density at radius 2 is 2.06 bits per heavy atom. The van der Waals surface area contributed by atoms with E-state index in [9.17, 15) is 4.79 Å². The number of carbonyl (C=O) groups is 1. The summed E-state index contributed by atoms with van der Waals surface area (Å²) in [6.07, 6.45) is 1.00. The first-order valence-electron chi connectivity index (χ1n) is 6.33. The minimum atomic E-state index is -0.792. The van der Waals surface area contributed by atoms with Crippen LogP contribution in [0.25, 0.3) is 0 Å². The lowest BCUT2D eigenvalue weighted by atomic mass is 10.1. The number of aryl methyl sites for hydroxylation is 2. The standard InChI is InChI=1S/C14H20N2O2/c1-10-5-11(2)7-13(6-10)16-4-3-12(9-16)15-8-14(17)18/h5-7,12,15H,3-4,8-9H2,1-2H3,(H,17,18). The molecular weight excluding hydrogens is 228 g/mol. The molecule has 1 aliphatic rings. The highest BCUT2D eigenvalue weighted by Gasteiger charge is 2.22. The smallest absolute Gasteiger partial charge is 0.317 e. The number of carboxylic acids is 1. The average molecular weight is 248 g/mol. The quantitative estimate of drug-likeness (QED) is 0.849. The van der Waals surface area contributed by atoms with Gasteiger partial charge in [0.1, 0.15) is 0 Å². The van der Waals surface area contributed by atoms with Crippen LogP contribution in [0.5, 0.6) is 0 Å². The molecule has 0 radical (unpaired) electrons. The van der Waals surface area contributed by atoms with Crippen LogP contribution in [0.4, 0.5) is 5.69 Å². The first-order chi connectivity index (χ1) is 8.54. The van der Waals surface area contributed by atoms with Gasteiger partial charge in [0.25, 0.3) is 0 Å². The van der Waals surface area contributed by atoms with Crippen molar-refractivity contribution in [2.24, 2.45) is 0 Å². The Morgan fingerprint density at radius 3 is 2.67 bits per heavy atom. The van der Waals surface area contributed by atoms with Crippen molar-refractivity contribution < 1.29 is 9.90 Å². The second kappa shape index (κ2) is 5.40. The highest BCUT2D eigenvalue weighted by atomic mass is 16.4. The van der Waals surface area contributed by atoms with E-state index in [1.165, 1.54) is 16.8 Å². The van der Waals surface area contributed by atoms with Crippen LogP contribution in [0.2, 0.25) is 0 Å². The van der Waals surface area contributed by atoms with E-state index in [-0.39, 0.29) is 12.6 Å². The van der Waals surface area contributed by atoms with Crippen molar-refractivity contribution >= 4 is 11.7 Å². The zero-order chi connectivity index (χ0) is 13.1. The van der Waals surface area contributed by atoms with Crippen LogP contribution in [0, 0.1) is 13.8 Å². The van der Waals surface area contributed by atoms with Gasteiger partial charge in [0.05, 0.1) is 6.54 Å². The molecule has 1 unspecified atom stereocenters. The van der Waals surface area contributed by atoms with E-state index in [1.54, 1.807) is 0 Å². The van der Waals surface area contributed by atoms with Gasteiger partial charge in [-0.15, -0.1) is 0 Å². The fourth-order valence-corrected chi connectivity index (χ4v) is 2.53. The highest BCUT2D eigenvalue weighted by molar-refractivity contribution is 5.69. The Balaban J connectivity index is 1.97. The Labute approximate surface area is 108 Å². The molecule has 1 heterocycles. The predicted molar refractivity (Wildman–Crippen MR) is 72.2 cm³/mol. The van der Waals surface area contributed by atoms with E-state index >= 15 is 0 Å². The topological polar surface area (TPSA) is 52.6 Å². The van der Waals surface area contributed by atoms with E-state index in [4.69, 9.17) is 5.11 Å². The number of nitrogens with zero attached hydrogens (tertiary/aromatic N) is 1. The van der Waals surface area contributed by atoms with Gasteiger partial charge in [-0.1, -0.05) is 6.07 Å². The van der Waals surface area contributed by atoms with Crippen LogP contribution in [-0.2, 0) is 4.79 Å². The molecule has 2 N–H and O–H groups in total. The lowest BCUT2D eigenvalue weighted by molar-refractivity contribution is -0.136. The van der Waals surface area contributed by atoms with Gasteiger partial charge in [-0.2, -0.15) is 0 Å². The number of hydrogen-bond donors (Lipinski definition) is 2. The summed E-state index contributed by atoms with van der Waals surface area (Å²) in [7, 11) is 0. The fraction of sp³-hybridized carbons (Fsp3) is 0.500. The third-order valence-electron chi connectivity index (χ3n) is 3.30. The van der Waals surface area contributed by atoms with Gasteiger partial charge in [0.2, 0.25) is 0 Å². The van der Waals surface area contributed by atoms with Crippen molar-refractivity contribution in [1.82, 2.24) is 5.32 Å². The lowest BCUT2D eigenvalue weighted by Gasteiger charge is -2.20. The summed E-state index contributed by atoms with van der Waals surface area (Å²) in [5.41, 5.74) is 3.78. The molecule has 1 aromatic carbocycles. The first-order valence-corrected chi connectivity index (χ1v) is 6.33. The maximum absolute atomic E-state index is 10.5. The summed E-state index contributed by atoms with van der Waals surface area (Å²) in [6.45, 7) is 6.13. The van der Waals surface area contributed by atoms with Gasteiger partial charge in [0.15, 0.2) is 0 Å². The van der Waals surface area contributed by atoms with Crippen LogP contribution < -0.4 is 10.2 Å². The SMILES string of the molecule is Cc1cc(C)cc(N2CCC(NCC(=O)O)C2)c1. The molecule has 0 spiro atoms. The van der Waals surface area contributed by atoms with E-state index in [1.807, 2.05) is 0 Å². The van der Waals surface area contributed by atoms with Gasteiger partial charge >= 0.3 is 5.97 Å². The summed E-state index contributed by atoms with van der Waals surface area (Å²) >= 11 is 0. The molecule has 1 fully saturated rings. The molecule has 18 heavy (non-hydrogen) atoms. The summed E-state index contributed by atoms with van der Waals surface area (Å²) < 4.78 is 0. The first kappa shape index (κ1) is 12.9. The van der Waals surface area contributed by atoms with Gasteiger partial charge in [-0.3, -0.25) is 4.79 Å². The molecule has 1 atom stereocenters. The van der Waals surface area contributed by atoms with Crippen molar-refractivity contribution in [2.45, 2.75) is 26.3 Å². The zero-order valence-corrected chi connectivity index (χ0v) is 10.9. The van der Waals surface area contributed by atoms with Crippen LogP contribution in [0.1, 0.15) is 17.5 Å². The fourth-order valence-electron chi connectivity index (χ4n) is 2.53. The predicted octanol–water partition coefficient (Wildman–Crippen LogP) is 1.56. The normalized spacial score (nSPS) is 19.2. The molecule has 0 saturated carbocycles. The third-order valence-corrected chi connectivity index (χ3v) is 3.30. The zero-order valence-electron chi connectivity index (χ0n) is 10.9. The minimum absolute atomic E-state index is 0.0470. The highest BCUT2D eigenvalue weighted by Crippen LogP contribution is 2.23. The summed E-state index contributed by atoms with van der Waals surface area (Å²) in [5, 5.41) is 11.7. The van der Waals surface area contributed by atoms with Crippen molar-refractivity contribution in [2.75, 3.05) is 24.5 Å². The number of benzene rings is 1. The van der Waals surface area contributed by atoms with Crippen LogP contribution in [0.15, 0.2) is 18.2 Å². The summed E-state index contributed by atoms with van der Waals surface area (Å²) in [6, 6.07) is 6.82. The molecular formula is C14H20N2O2. The molecule has 0 aromatic heterocycles. The molecule has 1 saturated heterocycles. The second-order valence-electron chi connectivity index (χ2n) is 5.05. The Morgan fingerprint density at radius 1 is 1.39 bits per heavy atom. The van der Waals surface area contributed by atoms with E-state index in [0.717, 1.165) is 19.5 Å². The monoisotopic (exact) mass is 248 g/mol. The van der Waals surface area contributed by atoms with Crippen molar-refractivity contribution in [3.05, 3.63) is 29.3 Å².